The molecule has 0 radical (unpaired) electrons. The van der Waals surface area contributed by atoms with E-state index in [1.165, 1.54) is 18.3 Å². The third-order valence-electron chi connectivity index (χ3n) is 4.15. The van der Waals surface area contributed by atoms with Crippen LogP contribution in [0.1, 0.15) is 26.5 Å². The zero-order valence-corrected chi connectivity index (χ0v) is 14.0. The van der Waals surface area contributed by atoms with E-state index < -0.39 is 5.97 Å². The van der Waals surface area contributed by atoms with Gasteiger partial charge in [0, 0.05) is 19.3 Å². The van der Waals surface area contributed by atoms with Crippen molar-refractivity contribution in [1.82, 2.24) is 4.90 Å². The highest BCUT2D eigenvalue weighted by molar-refractivity contribution is 6.01. The number of esters is 1. The average molecular weight is 342 g/mol. The third-order valence-corrected chi connectivity index (χ3v) is 4.15. The molecule has 1 aliphatic rings. The lowest BCUT2D eigenvalue weighted by Crippen LogP contribution is -2.40. The largest absolute Gasteiger partial charge is 0.465 e. The van der Waals surface area contributed by atoms with Gasteiger partial charge in [-0.15, -0.1) is 0 Å². The third kappa shape index (κ3) is 3.26. The first-order chi connectivity index (χ1) is 12.0. The molecule has 0 unspecified atom stereocenters. The second-order valence-corrected chi connectivity index (χ2v) is 5.77. The van der Waals surface area contributed by atoms with Crippen molar-refractivity contribution in [2.24, 2.45) is 0 Å². The van der Waals surface area contributed by atoms with Crippen molar-refractivity contribution in [3.63, 3.8) is 0 Å². The van der Waals surface area contributed by atoms with E-state index in [0.717, 1.165) is 11.3 Å². The van der Waals surface area contributed by atoms with Crippen molar-refractivity contribution in [3.8, 4) is 0 Å². The van der Waals surface area contributed by atoms with Crippen molar-refractivity contribution < 1.29 is 23.5 Å². The number of rotatable bonds is 4. The molecular weight excluding hydrogens is 324 g/mol. The highest BCUT2D eigenvalue weighted by atomic mass is 16.5. The lowest BCUT2D eigenvalue weighted by Gasteiger charge is -2.21. The zero-order chi connectivity index (χ0) is 18.0. The van der Waals surface area contributed by atoms with Crippen LogP contribution in [-0.4, -0.2) is 49.9 Å². The normalized spacial score (nSPS) is 12.6. The van der Waals surface area contributed by atoms with E-state index >= 15 is 0 Å². The molecule has 1 aromatic heterocycles. The van der Waals surface area contributed by atoms with Gasteiger partial charge in [-0.3, -0.25) is 9.59 Å². The molecule has 0 spiro atoms. The predicted octanol–water partition coefficient (Wildman–Crippen LogP) is 1.73. The van der Waals surface area contributed by atoms with Crippen molar-refractivity contribution in [3.05, 3.63) is 53.5 Å². The maximum atomic E-state index is 12.6. The Labute approximate surface area is 144 Å². The van der Waals surface area contributed by atoms with Gasteiger partial charge in [-0.25, -0.2) is 4.79 Å². The van der Waals surface area contributed by atoms with Gasteiger partial charge in [0.15, 0.2) is 5.76 Å². The quantitative estimate of drug-likeness (QED) is 0.791. The molecule has 0 atom stereocenters. The first-order valence-corrected chi connectivity index (χ1v) is 7.82. The topological polar surface area (TPSA) is 80.1 Å². The van der Waals surface area contributed by atoms with Crippen LogP contribution in [0.25, 0.3) is 0 Å². The summed E-state index contributed by atoms with van der Waals surface area (Å²) in [6.45, 7) is 0.458. The van der Waals surface area contributed by atoms with E-state index in [0.29, 0.717) is 18.5 Å². The fraction of sp³-hybridized carbons (Fsp3) is 0.278. The minimum absolute atomic E-state index is 0.0578. The van der Waals surface area contributed by atoms with Crippen LogP contribution >= 0.6 is 0 Å². The fourth-order valence-corrected chi connectivity index (χ4v) is 2.85. The Morgan fingerprint density at radius 3 is 2.76 bits per heavy atom. The van der Waals surface area contributed by atoms with Gasteiger partial charge in [0.2, 0.25) is 5.91 Å². The number of nitrogens with zero attached hydrogens (tertiary/aromatic N) is 2. The molecule has 7 heteroatoms. The Bertz CT molecular complexity index is 813. The smallest absolute Gasteiger partial charge is 0.337 e. The van der Waals surface area contributed by atoms with Gasteiger partial charge in [-0.05, 0) is 42.3 Å². The lowest BCUT2D eigenvalue weighted by molar-refractivity contribution is -0.119. The summed E-state index contributed by atoms with van der Waals surface area (Å²) in [5, 5.41) is 0. The minimum Gasteiger partial charge on any atom is -0.465 e. The molecule has 7 nitrogen and oxygen atoms in total. The Kier molecular flexibility index (Phi) is 4.56. The van der Waals surface area contributed by atoms with Crippen LogP contribution in [0.15, 0.2) is 41.0 Å². The van der Waals surface area contributed by atoms with Crippen LogP contribution in [0.5, 0.6) is 0 Å². The van der Waals surface area contributed by atoms with E-state index in [1.807, 2.05) is 0 Å². The van der Waals surface area contributed by atoms with E-state index in [2.05, 4.69) is 0 Å². The predicted molar refractivity (Wildman–Crippen MR) is 89.5 cm³/mol. The van der Waals surface area contributed by atoms with E-state index in [1.54, 1.807) is 42.3 Å². The van der Waals surface area contributed by atoms with E-state index in [-0.39, 0.29) is 24.1 Å². The summed E-state index contributed by atoms with van der Waals surface area (Å²) in [7, 11) is 2.89. The van der Waals surface area contributed by atoms with Gasteiger partial charge in [0.25, 0.3) is 5.91 Å². The average Bonchev–Trinajstić information content (AvgIpc) is 3.29. The number of likely N-dealkylation sites (N-methyl/N-ethyl adjacent to an activating group) is 1. The summed E-state index contributed by atoms with van der Waals surface area (Å²) in [6.07, 6.45) is 2.07. The van der Waals surface area contributed by atoms with Crippen molar-refractivity contribution in [2.45, 2.75) is 6.42 Å². The second kappa shape index (κ2) is 6.80. The number of ether oxygens (including phenoxy) is 1. The highest BCUT2D eigenvalue weighted by Crippen LogP contribution is 2.29. The molecule has 0 saturated carbocycles. The number of hydrogen-bond acceptors (Lipinski definition) is 5. The highest BCUT2D eigenvalue weighted by Gasteiger charge is 2.27. The SMILES string of the molecule is COC(=O)c1ccc2c(c1)CCN2C(=O)CN(C)C(=O)c1ccco1. The Balaban J connectivity index is 1.71. The monoisotopic (exact) mass is 342 g/mol. The molecule has 3 rings (SSSR count). The summed E-state index contributed by atoms with van der Waals surface area (Å²) in [5.74, 6) is -0.748. The van der Waals surface area contributed by atoms with Gasteiger partial charge < -0.3 is 19.0 Å². The van der Waals surface area contributed by atoms with Crippen LogP contribution in [0.4, 0.5) is 5.69 Å². The molecule has 0 bridgehead atoms. The van der Waals surface area contributed by atoms with Crippen molar-refractivity contribution >= 4 is 23.5 Å². The summed E-state index contributed by atoms with van der Waals surface area (Å²) in [6, 6.07) is 8.29. The Morgan fingerprint density at radius 2 is 2.08 bits per heavy atom. The summed E-state index contributed by atoms with van der Waals surface area (Å²) in [5.41, 5.74) is 2.13. The Hall–Kier alpha value is -3.09. The first-order valence-electron chi connectivity index (χ1n) is 7.82. The van der Waals surface area contributed by atoms with Crippen molar-refractivity contribution in [2.75, 3.05) is 32.1 Å². The van der Waals surface area contributed by atoms with Crippen LogP contribution in [-0.2, 0) is 16.0 Å². The molecular formula is C18H18N2O5. The molecule has 0 N–H and O–H groups in total. The number of anilines is 1. The summed E-state index contributed by atoms with van der Waals surface area (Å²) >= 11 is 0. The first kappa shape index (κ1) is 16.8. The molecule has 0 fully saturated rings. The molecule has 1 aromatic carbocycles. The van der Waals surface area contributed by atoms with Gasteiger partial charge in [0.1, 0.15) is 6.54 Å². The second-order valence-electron chi connectivity index (χ2n) is 5.77. The van der Waals surface area contributed by atoms with Gasteiger partial charge >= 0.3 is 5.97 Å². The van der Waals surface area contributed by atoms with E-state index in [9.17, 15) is 14.4 Å². The lowest BCUT2D eigenvalue weighted by atomic mass is 10.1. The molecule has 0 aliphatic carbocycles. The van der Waals surface area contributed by atoms with Gasteiger partial charge in [-0.1, -0.05) is 0 Å². The zero-order valence-electron chi connectivity index (χ0n) is 14.0. The van der Waals surface area contributed by atoms with Crippen LogP contribution in [0.2, 0.25) is 0 Å². The number of fused-ring (bicyclic) bond motifs is 1. The summed E-state index contributed by atoms with van der Waals surface area (Å²) < 4.78 is 9.78. The fourth-order valence-electron chi connectivity index (χ4n) is 2.85. The van der Waals surface area contributed by atoms with Crippen LogP contribution in [0.3, 0.4) is 0 Å². The van der Waals surface area contributed by atoms with Crippen molar-refractivity contribution in [1.29, 1.82) is 0 Å². The number of carbonyl (C=O) groups excluding carboxylic acids is 3. The number of furan rings is 1. The molecule has 2 heterocycles. The standard InChI is InChI=1S/C18H18N2O5/c1-19(17(22)15-4-3-9-25-15)11-16(21)20-8-7-12-10-13(18(23)24-2)5-6-14(12)20/h3-6,9-10H,7-8,11H2,1-2H3. The van der Waals surface area contributed by atoms with Crippen LogP contribution < -0.4 is 4.90 Å². The number of methoxy groups -OCH3 is 1. The van der Waals surface area contributed by atoms with E-state index in [4.69, 9.17) is 9.15 Å². The Morgan fingerprint density at radius 1 is 1.28 bits per heavy atom. The molecule has 2 aromatic rings. The number of amides is 2. The summed E-state index contributed by atoms with van der Waals surface area (Å²) in [4.78, 5) is 39.3. The van der Waals surface area contributed by atoms with Gasteiger partial charge in [-0.2, -0.15) is 0 Å². The molecule has 1 aliphatic heterocycles. The molecule has 130 valence electrons. The maximum Gasteiger partial charge on any atom is 0.337 e. The van der Waals surface area contributed by atoms with Gasteiger partial charge in [0.05, 0.1) is 18.9 Å². The number of carbonyl (C=O) groups is 3. The minimum atomic E-state index is -0.406. The number of hydrogen-bond donors (Lipinski definition) is 0. The number of benzene rings is 1. The molecule has 2 amide bonds. The molecule has 25 heavy (non-hydrogen) atoms. The molecule has 0 saturated heterocycles. The van der Waals surface area contributed by atoms with Crippen LogP contribution in [0, 0.1) is 0 Å². The maximum absolute atomic E-state index is 12.6.